The molecule has 8 nitrogen and oxygen atoms in total. The third-order valence-corrected chi connectivity index (χ3v) is 3.88. The quantitative estimate of drug-likeness (QED) is 0.535. The Balaban J connectivity index is 1.59. The van der Waals surface area contributed by atoms with E-state index in [0.29, 0.717) is 11.5 Å². The number of ether oxygens (including phenoxy) is 1. The Morgan fingerprint density at radius 2 is 2.04 bits per heavy atom. The normalized spacial score (nSPS) is 10.5. The molecule has 138 valence electrons. The van der Waals surface area contributed by atoms with Gasteiger partial charge in [0.05, 0.1) is 16.9 Å². The van der Waals surface area contributed by atoms with Crippen molar-refractivity contribution in [3.8, 4) is 5.82 Å². The average Bonchev–Trinajstić information content (AvgIpc) is 3.00. The van der Waals surface area contributed by atoms with Crippen molar-refractivity contribution in [2.24, 2.45) is 0 Å². The van der Waals surface area contributed by atoms with E-state index in [0.717, 1.165) is 11.4 Å². The molecule has 1 amide bonds. The number of amides is 1. The number of aryl methyl sites for hydroxylation is 2. The fraction of sp³-hybridized carbons (Fsp3) is 0.167. The van der Waals surface area contributed by atoms with Crippen molar-refractivity contribution in [1.29, 1.82) is 0 Å². The van der Waals surface area contributed by atoms with Gasteiger partial charge in [0.1, 0.15) is 0 Å². The number of anilines is 1. The third kappa shape index (κ3) is 4.48. The van der Waals surface area contributed by atoms with E-state index in [1.807, 2.05) is 19.9 Å². The van der Waals surface area contributed by atoms with Crippen LogP contribution in [0.2, 0.25) is 5.15 Å². The third-order valence-electron chi connectivity index (χ3n) is 3.58. The zero-order valence-electron chi connectivity index (χ0n) is 14.6. The summed E-state index contributed by atoms with van der Waals surface area (Å²) >= 11 is 5.86. The molecule has 0 radical (unpaired) electrons. The molecule has 0 aliphatic heterocycles. The molecule has 0 aliphatic rings. The van der Waals surface area contributed by atoms with Gasteiger partial charge in [0, 0.05) is 18.1 Å². The lowest BCUT2D eigenvalue weighted by Crippen LogP contribution is -2.21. The smallest absolute Gasteiger partial charge is 0.340 e. The fourth-order valence-electron chi connectivity index (χ4n) is 2.37. The molecular weight excluding hydrogens is 370 g/mol. The van der Waals surface area contributed by atoms with Gasteiger partial charge in [-0.1, -0.05) is 11.6 Å². The molecule has 0 unspecified atom stereocenters. The molecule has 3 aromatic heterocycles. The summed E-state index contributed by atoms with van der Waals surface area (Å²) < 4.78 is 6.67. The summed E-state index contributed by atoms with van der Waals surface area (Å²) in [6, 6.07) is 8.37. The van der Waals surface area contributed by atoms with Crippen LogP contribution in [0.1, 0.15) is 21.7 Å². The lowest BCUT2D eigenvalue weighted by Gasteiger charge is -2.08. The topological polar surface area (TPSA) is 99.0 Å². The molecule has 0 spiro atoms. The number of pyridine rings is 2. The minimum atomic E-state index is -0.658. The Labute approximate surface area is 160 Å². The van der Waals surface area contributed by atoms with Crippen molar-refractivity contribution in [2.45, 2.75) is 13.8 Å². The highest BCUT2D eigenvalue weighted by Gasteiger charge is 2.13. The van der Waals surface area contributed by atoms with Crippen LogP contribution in [-0.2, 0) is 9.53 Å². The van der Waals surface area contributed by atoms with Crippen LogP contribution in [0.4, 0.5) is 5.69 Å². The van der Waals surface area contributed by atoms with Crippen LogP contribution in [0.15, 0.2) is 42.7 Å². The molecule has 1 N–H and O–H groups in total. The van der Waals surface area contributed by atoms with Gasteiger partial charge in [-0.2, -0.15) is 5.10 Å². The molecule has 3 aromatic rings. The van der Waals surface area contributed by atoms with Crippen LogP contribution in [0.25, 0.3) is 5.82 Å². The molecule has 0 atom stereocenters. The molecular formula is C18H16ClN5O3. The number of rotatable bonds is 5. The van der Waals surface area contributed by atoms with E-state index in [1.165, 1.54) is 12.4 Å². The Hall–Kier alpha value is -3.26. The summed E-state index contributed by atoms with van der Waals surface area (Å²) in [6.07, 6.45) is 2.88. The highest BCUT2D eigenvalue weighted by atomic mass is 35.5. The lowest BCUT2D eigenvalue weighted by atomic mass is 10.3. The van der Waals surface area contributed by atoms with Crippen molar-refractivity contribution >= 4 is 29.2 Å². The minimum absolute atomic E-state index is 0.154. The van der Waals surface area contributed by atoms with E-state index >= 15 is 0 Å². The molecule has 3 heterocycles. The number of aromatic nitrogens is 4. The van der Waals surface area contributed by atoms with E-state index in [9.17, 15) is 9.59 Å². The summed E-state index contributed by atoms with van der Waals surface area (Å²) in [5.74, 6) is -0.596. The molecule has 0 saturated carbocycles. The number of hydrogen-bond donors (Lipinski definition) is 1. The second kappa shape index (κ2) is 7.96. The number of carbonyl (C=O) groups excluding carboxylic acids is 2. The zero-order chi connectivity index (χ0) is 19.4. The van der Waals surface area contributed by atoms with Crippen LogP contribution in [-0.4, -0.2) is 38.2 Å². The Morgan fingerprint density at radius 1 is 1.22 bits per heavy atom. The predicted molar refractivity (Wildman–Crippen MR) is 99.0 cm³/mol. The molecule has 27 heavy (non-hydrogen) atoms. The summed E-state index contributed by atoms with van der Waals surface area (Å²) in [7, 11) is 0. The van der Waals surface area contributed by atoms with Gasteiger partial charge in [0.2, 0.25) is 0 Å². The van der Waals surface area contributed by atoms with Gasteiger partial charge < -0.3 is 10.1 Å². The van der Waals surface area contributed by atoms with Gasteiger partial charge >= 0.3 is 5.97 Å². The maximum Gasteiger partial charge on any atom is 0.340 e. The Kier molecular flexibility index (Phi) is 5.46. The first-order chi connectivity index (χ1) is 12.9. The highest BCUT2D eigenvalue weighted by molar-refractivity contribution is 6.32. The Morgan fingerprint density at radius 3 is 2.67 bits per heavy atom. The summed E-state index contributed by atoms with van der Waals surface area (Å²) in [5.41, 5.74) is 2.38. The average molecular weight is 386 g/mol. The second-order valence-electron chi connectivity index (χ2n) is 5.71. The summed E-state index contributed by atoms with van der Waals surface area (Å²) in [4.78, 5) is 32.0. The number of halogens is 1. The van der Waals surface area contributed by atoms with Crippen molar-refractivity contribution in [1.82, 2.24) is 19.7 Å². The number of carbonyl (C=O) groups is 2. The van der Waals surface area contributed by atoms with Crippen molar-refractivity contribution in [3.05, 3.63) is 64.8 Å². The number of nitrogens with zero attached hydrogens (tertiary/aromatic N) is 4. The maximum absolute atomic E-state index is 12.1. The van der Waals surface area contributed by atoms with Crippen LogP contribution >= 0.6 is 11.6 Å². The molecule has 9 heteroatoms. The summed E-state index contributed by atoms with van der Waals surface area (Å²) in [6.45, 7) is 3.35. The van der Waals surface area contributed by atoms with E-state index in [-0.39, 0.29) is 10.7 Å². The first-order valence-electron chi connectivity index (χ1n) is 8.01. The van der Waals surface area contributed by atoms with E-state index in [4.69, 9.17) is 16.3 Å². The molecule has 0 bridgehead atoms. The first-order valence-corrected chi connectivity index (χ1v) is 8.39. The largest absolute Gasteiger partial charge is 0.452 e. The fourth-order valence-corrected chi connectivity index (χ4v) is 2.54. The molecule has 0 saturated heterocycles. The van der Waals surface area contributed by atoms with Crippen LogP contribution in [0.3, 0.4) is 0 Å². The van der Waals surface area contributed by atoms with Gasteiger partial charge in [0.15, 0.2) is 17.6 Å². The number of esters is 1. The van der Waals surface area contributed by atoms with Gasteiger partial charge in [-0.25, -0.2) is 19.4 Å². The van der Waals surface area contributed by atoms with E-state index < -0.39 is 18.5 Å². The highest BCUT2D eigenvalue weighted by Crippen LogP contribution is 2.17. The number of hydrogen-bond acceptors (Lipinski definition) is 6. The molecule has 0 aliphatic carbocycles. The minimum Gasteiger partial charge on any atom is -0.452 e. The SMILES string of the molecule is Cc1cc(C)n(-c2ccc(C(=O)OCC(=O)Nc3cccnc3Cl)cn2)n1. The van der Waals surface area contributed by atoms with E-state index in [2.05, 4.69) is 20.4 Å². The van der Waals surface area contributed by atoms with Crippen molar-refractivity contribution < 1.29 is 14.3 Å². The van der Waals surface area contributed by atoms with E-state index in [1.54, 1.807) is 28.9 Å². The van der Waals surface area contributed by atoms with Crippen LogP contribution in [0.5, 0.6) is 0 Å². The second-order valence-corrected chi connectivity index (χ2v) is 6.07. The van der Waals surface area contributed by atoms with Crippen LogP contribution in [0, 0.1) is 13.8 Å². The first kappa shape index (κ1) is 18.5. The Bertz CT molecular complexity index is 985. The molecule has 0 fully saturated rings. The maximum atomic E-state index is 12.1. The molecule has 0 aromatic carbocycles. The standard InChI is InChI=1S/C18H16ClN5O3/c1-11-8-12(2)24(23-11)15-6-5-13(9-21-15)18(26)27-10-16(25)22-14-4-3-7-20-17(14)19/h3-9H,10H2,1-2H3,(H,22,25). The van der Waals surface area contributed by atoms with Gasteiger partial charge in [0.25, 0.3) is 5.91 Å². The predicted octanol–water partition coefficient (Wildman–Crippen LogP) is 2.73. The van der Waals surface area contributed by atoms with Crippen molar-refractivity contribution in [3.63, 3.8) is 0 Å². The summed E-state index contributed by atoms with van der Waals surface area (Å²) in [5, 5.41) is 7.00. The van der Waals surface area contributed by atoms with Crippen molar-refractivity contribution in [2.75, 3.05) is 11.9 Å². The van der Waals surface area contributed by atoms with Gasteiger partial charge in [-0.05, 0) is 44.2 Å². The zero-order valence-corrected chi connectivity index (χ0v) is 15.4. The van der Waals surface area contributed by atoms with Crippen LogP contribution < -0.4 is 5.32 Å². The monoisotopic (exact) mass is 385 g/mol. The number of nitrogens with one attached hydrogen (secondary N) is 1. The van der Waals surface area contributed by atoms with Gasteiger partial charge in [-0.15, -0.1) is 0 Å². The molecule has 3 rings (SSSR count). The lowest BCUT2D eigenvalue weighted by molar-refractivity contribution is -0.119. The van der Waals surface area contributed by atoms with Gasteiger partial charge in [-0.3, -0.25) is 4.79 Å².